The number of hydrogen-bond donors (Lipinski definition) is 0. The first-order valence-electron chi connectivity index (χ1n) is 7.67. The second-order valence-electron chi connectivity index (χ2n) is 5.60. The van der Waals surface area contributed by atoms with Crippen LogP contribution in [-0.4, -0.2) is 32.5 Å². The summed E-state index contributed by atoms with van der Waals surface area (Å²) < 4.78 is 18.9. The van der Waals surface area contributed by atoms with Gasteiger partial charge in [0.05, 0.1) is 5.75 Å². The van der Waals surface area contributed by atoms with Crippen LogP contribution in [0.5, 0.6) is 0 Å². The van der Waals surface area contributed by atoms with E-state index in [0.717, 1.165) is 11.4 Å². The molecule has 8 heteroatoms. The maximum atomic E-state index is 13.1. The molecule has 130 valence electrons. The number of thioether (sulfide) groups is 1. The Morgan fingerprint density at radius 2 is 1.88 bits per heavy atom. The summed E-state index contributed by atoms with van der Waals surface area (Å²) in [6, 6.07) is 7.71. The Hall–Kier alpha value is -2.48. The van der Waals surface area contributed by atoms with Gasteiger partial charge < -0.3 is 4.74 Å². The molecule has 3 rings (SSSR count). The highest BCUT2D eigenvalue weighted by Crippen LogP contribution is 2.30. The molecule has 0 spiro atoms. The van der Waals surface area contributed by atoms with Gasteiger partial charge in [-0.1, -0.05) is 23.9 Å². The van der Waals surface area contributed by atoms with Crippen LogP contribution < -0.4 is 0 Å². The van der Waals surface area contributed by atoms with Crippen LogP contribution in [0.15, 0.2) is 40.6 Å². The van der Waals surface area contributed by atoms with Crippen molar-refractivity contribution in [3.05, 3.63) is 53.1 Å². The SMILES string of the molecule is CC(=O)N1N=C(CSc2nc(C)cc(C)n2)OC1c1ccc(F)cc1. The molecule has 1 aliphatic rings. The minimum Gasteiger partial charge on any atom is -0.449 e. The molecule has 25 heavy (non-hydrogen) atoms. The van der Waals surface area contributed by atoms with E-state index < -0.39 is 6.23 Å². The number of carbonyl (C=O) groups excluding carboxylic acids is 1. The topological polar surface area (TPSA) is 67.7 Å². The third-order valence-corrected chi connectivity index (χ3v) is 4.29. The normalized spacial score (nSPS) is 16.6. The molecule has 0 fully saturated rings. The van der Waals surface area contributed by atoms with Crippen molar-refractivity contribution in [2.45, 2.75) is 32.2 Å². The fraction of sp³-hybridized carbons (Fsp3) is 0.294. The number of amides is 1. The fourth-order valence-electron chi connectivity index (χ4n) is 2.39. The average Bonchev–Trinajstić information content (AvgIpc) is 2.97. The van der Waals surface area contributed by atoms with Crippen LogP contribution in [-0.2, 0) is 9.53 Å². The van der Waals surface area contributed by atoms with Crippen LogP contribution in [0.3, 0.4) is 0 Å². The van der Waals surface area contributed by atoms with Crippen LogP contribution in [0.2, 0.25) is 0 Å². The van der Waals surface area contributed by atoms with Crippen molar-refractivity contribution in [3.63, 3.8) is 0 Å². The molecule has 1 amide bonds. The zero-order valence-electron chi connectivity index (χ0n) is 14.1. The number of nitrogens with zero attached hydrogens (tertiary/aromatic N) is 4. The molecule has 2 heterocycles. The zero-order valence-corrected chi connectivity index (χ0v) is 14.9. The van der Waals surface area contributed by atoms with Gasteiger partial charge in [-0.3, -0.25) is 4.79 Å². The van der Waals surface area contributed by atoms with Gasteiger partial charge in [0.15, 0.2) is 5.16 Å². The molecule has 1 unspecified atom stereocenters. The average molecular weight is 360 g/mol. The van der Waals surface area contributed by atoms with E-state index in [-0.39, 0.29) is 11.7 Å². The number of ether oxygens (including phenoxy) is 1. The molecule has 1 aromatic carbocycles. The highest BCUT2D eigenvalue weighted by molar-refractivity contribution is 7.99. The maximum Gasteiger partial charge on any atom is 0.243 e. The number of hydrogen-bond acceptors (Lipinski definition) is 6. The summed E-state index contributed by atoms with van der Waals surface area (Å²) in [6.45, 7) is 5.22. The van der Waals surface area contributed by atoms with Crippen molar-refractivity contribution >= 4 is 23.6 Å². The molecular weight excluding hydrogens is 343 g/mol. The molecular formula is C17H17FN4O2S. The zero-order chi connectivity index (χ0) is 18.0. The summed E-state index contributed by atoms with van der Waals surface area (Å²) in [5, 5.41) is 6.12. The molecule has 0 N–H and O–H groups in total. The Morgan fingerprint density at radius 1 is 1.24 bits per heavy atom. The molecule has 0 saturated heterocycles. The summed E-state index contributed by atoms with van der Waals surface area (Å²) in [5.74, 6) is 0.193. The van der Waals surface area contributed by atoms with Crippen LogP contribution in [0.4, 0.5) is 4.39 Å². The third kappa shape index (κ3) is 4.14. The van der Waals surface area contributed by atoms with E-state index in [1.807, 2.05) is 19.9 Å². The van der Waals surface area contributed by atoms with E-state index in [1.165, 1.54) is 35.8 Å². The van der Waals surface area contributed by atoms with E-state index in [9.17, 15) is 9.18 Å². The molecule has 2 aromatic rings. The predicted octanol–water partition coefficient (Wildman–Crippen LogP) is 3.22. The van der Waals surface area contributed by atoms with Crippen LogP contribution in [0, 0.1) is 19.7 Å². The lowest BCUT2D eigenvalue weighted by Crippen LogP contribution is -2.25. The standard InChI is InChI=1S/C17H17FN4O2S/c1-10-8-11(2)20-17(19-10)25-9-15-21-22(12(3)23)16(24-15)13-4-6-14(18)7-5-13/h4-8,16H,9H2,1-3H3. The summed E-state index contributed by atoms with van der Waals surface area (Å²) >= 11 is 1.38. The van der Waals surface area contributed by atoms with Crippen molar-refractivity contribution in [2.24, 2.45) is 5.10 Å². The minimum absolute atomic E-state index is 0.253. The number of aromatic nitrogens is 2. The number of aryl methyl sites for hydroxylation is 2. The van der Waals surface area contributed by atoms with Crippen molar-refractivity contribution < 1.29 is 13.9 Å². The lowest BCUT2D eigenvalue weighted by molar-refractivity contribution is -0.135. The smallest absolute Gasteiger partial charge is 0.243 e. The first-order chi connectivity index (χ1) is 11.9. The van der Waals surface area contributed by atoms with E-state index in [4.69, 9.17) is 4.74 Å². The lowest BCUT2D eigenvalue weighted by atomic mass is 10.2. The molecule has 0 aliphatic carbocycles. The number of carbonyl (C=O) groups is 1. The van der Waals surface area contributed by atoms with Gasteiger partial charge in [0.25, 0.3) is 0 Å². The molecule has 1 aromatic heterocycles. The Bertz CT molecular complexity index is 806. The second-order valence-corrected chi connectivity index (χ2v) is 6.54. The molecule has 1 aliphatic heterocycles. The second kappa shape index (κ2) is 7.18. The first kappa shape index (κ1) is 17.3. The Kier molecular flexibility index (Phi) is 4.98. The predicted molar refractivity (Wildman–Crippen MR) is 92.4 cm³/mol. The van der Waals surface area contributed by atoms with Gasteiger partial charge in [-0.2, -0.15) is 5.01 Å². The van der Waals surface area contributed by atoms with E-state index in [2.05, 4.69) is 15.1 Å². The van der Waals surface area contributed by atoms with Crippen molar-refractivity contribution in [3.8, 4) is 0 Å². The number of hydrazone groups is 1. The molecule has 6 nitrogen and oxygen atoms in total. The summed E-state index contributed by atoms with van der Waals surface area (Å²) in [7, 11) is 0. The lowest BCUT2D eigenvalue weighted by Gasteiger charge is -2.19. The Balaban J connectivity index is 1.73. The van der Waals surface area contributed by atoms with Crippen molar-refractivity contribution in [1.82, 2.24) is 15.0 Å². The largest absolute Gasteiger partial charge is 0.449 e. The van der Waals surface area contributed by atoms with Gasteiger partial charge in [-0.05, 0) is 32.0 Å². The first-order valence-corrected chi connectivity index (χ1v) is 8.65. The van der Waals surface area contributed by atoms with E-state index in [0.29, 0.717) is 22.4 Å². The van der Waals surface area contributed by atoms with Gasteiger partial charge >= 0.3 is 0 Å². The Labute approximate surface area is 149 Å². The van der Waals surface area contributed by atoms with Crippen LogP contribution in [0.25, 0.3) is 0 Å². The molecule has 0 radical (unpaired) electrons. The van der Waals surface area contributed by atoms with Gasteiger partial charge in [0.2, 0.25) is 18.0 Å². The van der Waals surface area contributed by atoms with Crippen LogP contribution >= 0.6 is 11.8 Å². The number of benzene rings is 1. The van der Waals surface area contributed by atoms with E-state index >= 15 is 0 Å². The molecule has 0 bridgehead atoms. The summed E-state index contributed by atoms with van der Waals surface area (Å²) in [5.41, 5.74) is 2.43. The maximum absolute atomic E-state index is 13.1. The van der Waals surface area contributed by atoms with Gasteiger partial charge in [-0.25, -0.2) is 14.4 Å². The minimum atomic E-state index is -0.686. The van der Waals surface area contributed by atoms with Gasteiger partial charge in [0.1, 0.15) is 5.82 Å². The summed E-state index contributed by atoms with van der Waals surface area (Å²) in [6.07, 6.45) is -0.686. The highest BCUT2D eigenvalue weighted by atomic mass is 32.2. The quantitative estimate of drug-likeness (QED) is 0.619. The van der Waals surface area contributed by atoms with Crippen LogP contribution in [0.1, 0.15) is 30.1 Å². The summed E-state index contributed by atoms with van der Waals surface area (Å²) in [4.78, 5) is 20.5. The molecule has 0 saturated carbocycles. The number of rotatable bonds is 4. The molecule has 1 atom stereocenters. The fourth-order valence-corrected chi connectivity index (χ4v) is 3.19. The van der Waals surface area contributed by atoms with E-state index in [1.54, 1.807) is 12.1 Å². The van der Waals surface area contributed by atoms with Crippen molar-refractivity contribution in [2.75, 3.05) is 5.75 Å². The Morgan fingerprint density at radius 3 is 2.48 bits per heavy atom. The number of halogens is 1. The van der Waals surface area contributed by atoms with Gasteiger partial charge in [-0.15, -0.1) is 5.10 Å². The van der Waals surface area contributed by atoms with Gasteiger partial charge in [0, 0.05) is 23.9 Å². The van der Waals surface area contributed by atoms with Crippen molar-refractivity contribution in [1.29, 1.82) is 0 Å². The monoisotopic (exact) mass is 360 g/mol. The third-order valence-electron chi connectivity index (χ3n) is 3.45. The highest BCUT2D eigenvalue weighted by Gasteiger charge is 2.32.